The number of primary amides is 1. The summed E-state index contributed by atoms with van der Waals surface area (Å²) in [6.45, 7) is 2.14. The van der Waals surface area contributed by atoms with Crippen LogP contribution in [0.1, 0.15) is 32.0 Å². The van der Waals surface area contributed by atoms with Crippen LogP contribution in [0.5, 0.6) is 0 Å². The maximum atomic E-state index is 11.5. The Hall–Kier alpha value is -2.04. The molecule has 1 amide bonds. The average molecular weight is 246 g/mol. The van der Waals surface area contributed by atoms with Crippen molar-refractivity contribution in [3.05, 3.63) is 24.0 Å². The average Bonchev–Trinajstić information content (AvgIpc) is 2.67. The van der Waals surface area contributed by atoms with Crippen LogP contribution >= 0.6 is 0 Å². The van der Waals surface area contributed by atoms with Crippen molar-refractivity contribution in [2.75, 3.05) is 5.73 Å². The molecule has 0 aliphatic heterocycles. The van der Waals surface area contributed by atoms with Crippen molar-refractivity contribution in [1.29, 1.82) is 0 Å². The summed E-state index contributed by atoms with van der Waals surface area (Å²) < 4.78 is 1.46. The summed E-state index contributed by atoms with van der Waals surface area (Å²) in [5, 5.41) is 0. The third-order valence-corrected chi connectivity index (χ3v) is 2.97. The van der Waals surface area contributed by atoms with E-state index in [1.807, 2.05) is 6.07 Å². The summed E-state index contributed by atoms with van der Waals surface area (Å²) in [4.78, 5) is 16.0. The lowest BCUT2D eigenvalue weighted by Crippen LogP contribution is -2.21. The molecule has 0 unspecified atom stereocenters. The molecule has 1 aromatic carbocycles. The maximum Gasteiger partial charge on any atom is 0.324 e. The molecule has 0 fully saturated rings. The first-order valence-electron chi connectivity index (χ1n) is 6.20. The number of hydrogen-bond donors (Lipinski definition) is 2. The Balaban J connectivity index is 2.45. The zero-order chi connectivity index (χ0) is 13.1. The second-order valence-corrected chi connectivity index (χ2v) is 4.41. The largest absolute Gasteiger partial charge is 0.399 e. The predicted octanol–water partition coefficient (Wildman–Crippen LogP) is 2.28. The summed E-state index contributed by atoms with van der Waals surface area (Å²) in [7, 11) is 0. The van der Waals surface area contributed by atoms with E-state index in [9.17, 15) is 4.79 Å². The van der Waals surface area contributed by atoms with Gasteiger partial charge in [0.25, 0.3) is 0 Å². The predicted molar refractivity (Wildman–Crippen MR) is 72.4 cm³/mol. The first-order valence-corrected chi connectivity index (χ1v) is 6.20. The molecule has 96 valence electrons. The van der Waals surface area contributed by atoms with E-state index < -0.39 is 6.03 Å². The Morgan fingerprint density at radius 2 is 2.17 bits per heavy atom. The van der Waals surface area contributed by atoms with Gasteiger partial charge in [-0.3, -0.25) is 0 Å². The lowest BCUT2D eigenvalue weighted by atomic mass is 10.2. The van der Waals surface area contributed by atoms with Crippen molar-refractivity contribution in [3.63, 3.8) is 0 Å². The number of amides is 1. The lowest BCUT2D eigenvalue weighted by molar-refractivity contribution is 0.250. The molecule has 5 heteroatoms. The SMILES string of the molecule is CCCCCc1nc2ccc(N)cc2n1C(N)=O. The van der Waals surface area contributed by atoms with E-state index in [0.29, 0.717) is 11.2 Å². The molecule has 0 saturated heterocycles. The number of carbonyl (C=O) groups excluding carboxylic acids is 1. The molecule has 0 aliphatic rings. The molecule has 18 heavy (non-hydrogen) atoms. The smallest absolute Gasteiger partial charge is 0.324 e. The van der Waals surface area contributed by atoms with Crippen molar-refractivity contribution in [2.24, 2.45) is 5.73 Å². The number of nitrogens with zero attached hydrogens (tertiary/aromatic N) is 2. The van der Waals surface area contributed by atoms with Crippen LogP contribution in [-0.4, -0.2) is 15.6 Å². The topological polar surface area (TPSA) is 86.9 Å². The monoisotopic (exact) mass is 246 g/mol. The number of unbranched alkanes of at least 4 members (excludes halogenated alkanes) is 2. The van der Waals surface area contributed by atoms with Crippen LogP contribution < -0.4 is 11.5 Å². The molecule has 2 aromatic rings. The molecule has 0 bridgehead atoms. The minimum atomic E-state index is -0.505. The standard InChI is InChI=1S/C13H18N4O/c1-2-3-4-5-12-16-10-7-6-9(14)8-11(10)17(12)13(15)18/h6-8H,2-5,14H2,1H3,(H2,15,18). The third-order valence-electron chi connectivity index (χ3n) is 2.97. The van der Waals surface area contributed by atoms with Gasteiger partial charge in [0.05, 0.1) is 11.0 Å². The number of imidazole rings is 1. The van der Waals surface area contributed by atoms with Gasteiger partial charge in [-0.25, -0.2) is 14.3 Å². The van der Waals surface area contributed by atoms with Gasteiger partial charge in [0.1, 0.15) is 5.82 Å². The Morgan fingerprint density at radius 1 is 1.39 bits per heavy atom. The van der Waals surface area contributed by atoms with E-state index in [0.717, 1.165) is 37.0 Å². The van der Waals surface area contributed by atoms with Crippen LogP contribution in [0, 0.1) is 0 Å². The fourth-order valence-electron chi connectivity index (χ4n) is 2.09. The Bertz CT molecular complexity index is 574. The quantitative estimate of drug-likeness (QED) is 0.641. The van der Waals surface area contributed by atoms with Gasteiger partial charge in [-0.2, -0.15) is 0 Å². The van der Waals surface area contributed by atoms with Gasteiger partial charge >= 0.3 is 6.03 Å². The maximum absolute atomic E-state index is 11.5. The molecule has 2 rings (SSSR count). The summed E-state index contributed by atoms with van der Waals surface area (Å²) in [5.41, 5.74) is 13.2. The number of carbonyl (C=O) groups is 1. The Morgan fingerprint density at radius 3 is 2.83 bits per heavy atom. The van der Waals surface area contributed by atoms with E-state index in [-0.39, 0.29) is 0 Å². The van der Waals surface area contributed by atoms with Crippen LogP contribution in [0.15, 0.2) is 18.2 Å². The number of nitrogen functional groups attached to an aromatic ring is 1. The molecule has 0 radical (unpaired) electrons. The van der Waals surface area contributed by atoms with Crippen LogP contribution in [0.2, 0.25) is 0 Å². The number of hydrogen-bond acceptors (Lipinski definition) is 3. The Kier molecular flexibility index (Phi) is 3.50. The van der Waals surface area contributed by atoms with Crippen molar-refractivity contribution in [1.82, 2.24) is 9.55 Å². The molecule has 0 spiro atoms. The van der Waals surface area contributed by atoms with Crippen LogP contribution in [0.3, 0.4) is 0 Å². The molecule has 4 N–H and O–H groups in total. The number of fused-ring (bicyclic) bond motifs is 1. The fourth-order valence-corrected chi connectivity index (χ4v) is 2.09. The molecule has 0 aliphatic carbocycles. The molecular weight excluding hydrogens is 228 g/mol. The van der Waals surface area contributed by atoms with Crippen molar-refractivity contribution in [3.8, 4) is 0 Å². The number of benzene rings is 1. The van der Waals surface area contributed by atoms with Gasteiger partial charge in [0.2, 0.25) is 0 Å². The second-order valence-electron chi connectivity index (χ2n) is 4.41. The van der Waals surface area contributed by atoms with Crippen molar-refractivity contribution >= 4 is 22.8 Å². The van der Waals surface area contributed by atoms with E-state index in [2.05, 4.69) is 11.9 Å². The number of nitrogens with two attached hydrogens (primary N) is 2. The summed E-state index contributed by atoms with van der Waals surface area (Å²) in [6.07, 6.45) is 4.00. The zero-order valence-corrected chi connectivity index (χ0v) is 10.5. The number of rotatable bonds is 4. The van der Waals surface area contributed by atoms with Crippen LogP contribution in [0.4, 0.5) is 10.5 Å². The number of aryl methyl sites for hydroxylation is 1. The van der Waals surface area contributed by atoms with Gasteiger partial charge < -0.3 is 11.5 Å². The van der Waals surface area contributed by atoms with Gasteiger partial charge in [0.15, 0.2) is 0 Å². The first kappa shape index (κ1) is 12.4. The summed E-state index contributed by atoms with van der Waals surface area (Å²) in [5.74, 6) is 0.719. The molecule has 1 heterocycles. The van der Waals surface area contributed by atoms with Crippen LogP contribution in [0.25, 0.3) is 11.0 Å². The summed E-state index contributed by atoms with van der Waals surface area (Å²) in [6, 6.07) is 4.81. The highest BCUT2D eigenvalue weighted by Gasteiger charge is 2.14. The van der Waals surface area contributed by atoms with Gasteiger partial charge in [-0.15, -0.1) is 0 Å². The van der Waals surface area contributed by atoms with E-state index in [1.165, 1.54) is 4.57 Å². The third kappa shape index (κ3) is 2.30. The molecular formula is C13H18N4O. The molecule has 0 saturated carbocycles. The zero-order valence-electron chi connectivity index (χ0n) is 10.5. The number of aromatic nitrogens is 2. The first-order chi connectivity index (χ1) is 8.63. The summed E-state index contributed by atoms with van der Waals surface area (Å²) >= 11 is 0. The lowest BCUT2D eigenvalue weighted by Gasteiger charge is -2.04. The molecule has 1 aromatic heterocycles. The van der Waals surface area contributed by atoms with Gasteiger partial charge in [-0.1, -0.05) is 19.8 Å². The van der Waals surface area contributed by atoms with E-state index in [4.69, 9.17) is 11.5 Å². The molecule has 0 atom stereocenters. The number of anilines is 1. The van der Waals surface area contributed by atoms with Gasteiger partial charge in [-0.05, 0) is 24.6 Å². The van der Waals surface area contributed by atoms with Crippen molar-refractivity contribution < 1.29 is 4.79 Å². The Labute approximate surface area is 106 Å². The van der Waals surface area contributed by atoms with E-state index >= 15 is 0 Å². The van der Waals surface area contributed by atoms with E-state index in [1.54, 1.807) is 12.1 Å². The second kappa shape index (κ2) is 5.08. The fraction of sp³-hybridized carbons (Fsp3) is 0.385. The minimum absolute atomic E-state index is 0.505. The van der Waals surface area contributed by atoms with Gasteiger partial charge in [0, 0.05) is 12.1 Å². The highest BCUT2D eigenvalue weighted by atomic mass is 16.2. The van der Waals surface area contributed by atoms with Crippen LogP contribution in [-0.2, 0) is 6.42 Å². The highest BCUT2D eigenvalue weighted by molar-refractivity contribution is 5.90. The van der Waals surface area contributed by atoms with Crippen molar-refractivity contribution in [2.45, 2.75) is 32.6 Å². The highest BCUT2D eigenvalue weighted by Crippen LogP contribution is 2.20. The minimum Gasteiger partial charge on any atom is -0.399 e. The molecule has 5 nitrogen and oxygen atoms in total. The normalized spacial score (nSPS) is 10.9.